The van der Waals surface area contributed by atoms with Crippen LogP contribution in [0, 0.1) is 12.8 Å². The third kappa shape index (κ3) is 3.46. The first-order valence-electron chi connectivity index (χ1n) is 8.13. The maximum Gasteiger partial charge on any atom is 0.224 e. The summed E-state index contributed by atoms with van der Waals surface area (Å²) in [6, 6.07) is 0.437. The van der Waals surface area contributed by atoms with E-state index >= 15 is 0 Å². The van der Waals surface area contributed by atoms with Crippen molar-refractivity contribution in [2.75, 3.05) is 13.1 Å². The lowest BCUT2D eigenvalue weighted by Gasteiger charge is -2.17. The number of amides is 1. The van der Waals surface area contributed by atoms with Crippen molar-refractivity contribution in [3.63, 3.8) is 0 Å². The van der Waals surface area contributed by atoms with Gasteiger partial charge >= 0.3 is 0 Å². The summed E-state index contributed by atoms with van der Waals surface area (Å²) in [4.78, 5) is 14.7. The lowest BCUT2D eigenvalue weighted by molar-refractivity contribution is -0.125. The maximum absolute atomic E-state index is 12.3. The molecule has 0 spiro atoms. The minimum Gasteiger partial charge on any atom is -0.353 e. The van der Waals surface area contributed by atoms with E-state index in [4.69, 9.17) is 0 Å². The first kappa shape index (κ1) is 14.6. The topological polar surface area (TPSA) is 50.2 Å². The molecule has 1 aromatic rings. The zero-order chi connectivity index (χ0) is 14.8. The molecule has 3 rings (SSSR count). The molecule has 2 fully saturated rings. The number of carbonyl (C=O) groups is 1. The van der Waals surface area contributed by atoms with Gasteiger partial charge in [-0.2, -0.15) is 5.10 Å². The van der Waals surface area contributed by atoms with Crippen LogP contribution in [0.4, 0.5) is 0 Å². The average Bonchev–Trinajstić information content (AvgIpc) is 3.13. The van der Waals surface area contributed by atoms with E-state index in [9.17, 15) is 4.79 Å². The van der Waals surface area contributed by atoms with Crippen molar-refractivity contribution in [2.45, 2.75) is 51.6 Å². The van der Waals surface area contributed by atoms with Gasteiger partial charge in [0.05, 0.1) is 11.6 Å². The number of hydrogen-bond acceptors (Lipinski definition) is 3. The summed E-state index contributed by atoms with van der Waals surface area (Å²) < 4.78 is 1.87. The minimum atomic E-state index is 0.169. The van der Waals surface area contributed by atoms with Gasteiger partial charge in [0.15, 0.2) is 0 Å². The fourth-order valence-corrected chi connectivity index (χ4v) is 3.62. The van der Waals surface area contributed by atoms with Crippen molar-refractivity contribution in [1.82, 2.24) is 20.0 Å². The highest BCUT2D eigenvalue weighted by molar-refractivity contribution is 5.79. The quantitative estimate of drug-likeness (QED) is 0.916. The molecule has 1 saturated heterocycles. The fraction of sp³-hybridized carbons (Fsp3) is 0.750. The van der Waals surface area contributed by atoms with E-state index in [2.05, 4.69) is 28.4 Å². The zero-order valence-corrected chi connectivity index (χ0v) is 13.1. The van der Waals surface area contributed by atoms with Crippen LogP contribution in [-0.2, 0) is 18.4 Å². The number of aromatic nitrogens is 2. The van der Waals surface area contributed by atoms with Crippen LogP contribution in [0.2, 0.25) is 0 Å². The van der Waals surface area contributed by atoms with E-state index in [0.717, 1.165) is 44.6 Å². The van der Waals surface area contributed by atoms with Crippen LogP contribution in [0.15, 0.2) is 6.20 Å². The Morgan fingerprint density at radius 1 is 1.38 bits per heavy atom. The Morgan fingerprint density at radius 2 is 2.14 bits per heavy atom. The van der Waals surface area contributed by atoms with Gasteiger partial charge in [-0.15, -0.1) is 0 Å². The van der Waals surface area contributed by atoms with E-state index in [1.807, 2.05) is 11.7 Å². The number of nitrogens with one attached hydrogen (secondary N) is 1. The first-order valence-corrected chi connectivity index (χ1v) is 8.13. The van der Waals surface area contributed by atoms with Gasteiger partial charge in [-0.25, -0.2) is 0 Å². The largest absolute Gasteiger partial charge is 0.353 e. The predicted molar refractivity (Wildman–Crippen MR) is 81.7 cm³/mol. The molecule has 5 nitrogen and oxygen atoms in total. The molecule has 5 heteroatoms. The van der Waals surface area contributed by atoms with Crippen LogP contribution < -0.4 is 5.32 Å². The second-order valence-electron chi connectivity index (χ2n) is 6.62. The lowest BCUT2D eigenvalue weighted by atomic mass is 10.1. The molecule has 1 aliphatic carbocycles. The van der Waals surface area contributed by atoms with Crippen LogP contribution in [0.3, 0.4) is 0 Å². The van der Waals surface area contributed by atoms with Gasteiger partial charge in [0, 0.05) is 37.9 Å². The van der Waals surface area contributed by atoms with Crippen molar-refractivity contribution in [3.05, 3.63) is 17.5 Å². The average molecular weight is 290 g/mol. The summed E-state index contributed by atoms with van der Waals surface area (Å²) in [5.74, 6) is 0.440. The molecule has 2 aliphatic rings. The molecule has 0 aromatic carbocycles. The maximum atomic E-state index is 12.3. The van der Waals surface area contributed by atoms with Gasteiger partial charge in [-0.3, -0.25) is 14.4 Å². The molecular formula is C16H26N4O. The van der Waals surface area contributed by atoms with E-state index in [1.165, 1.54) is 18.4 Å². The summed E-state index contributed by atoms with van der Waals surface area (Å²) in [6.07, 6.45) is 7.93. The van der Waals surface area contributed by atoms with Gasteiger partial charge in [-0.1, -0.05) is 12.8 Å². The fourth-order valence-electron chi connectivity index (χ4n) is 3.62. The Balaban J connectivity index is 1.50. The van der Waals surface area contributed by atoms with Gasteiger partial charge in [0.1, 0.15) is 0 Å². The molecule has 1 aliphatic heterocycles. The molecule has 1 atom stereocenters. The normalized spacial score (nSPS) is 23.8. The zero-order valence-electron chi connectivity index (χ0n) is 13.1. The molecule has 116 valence electrons. The van der Waals surface area contributed by atoms with E-state index in [1.54, 1.807) is 0 Å². The van der Waals surface area contributed by atoms with Crippen LogP contribution in [0.25, 0.3) is 0 Å². The molecule has 0 radical (unpaired) electrons. The Morgan fingerprint density at radius 3 is 2.81 bits per heavy atom. The summed E-state index contributed by atoms with van der Waals surface area (Å²) in [7, 11) is 1.96. The van der Waals surface area contributed by atoms with Gasteiger partial charge < -0.3 is 5.32 Å². The second-order valence-corrected chi connectivity index (χ2v) is 6.62. The number of nitrogens with zero attached hydrogens (tertiary/aromatic N) is 3. The molecule has 1 amide bonds. The van der Waals surface area contributed by atoms with Crippen LogP contribution in [-0.4, -0.2) is 39.7 Å². The molecule has 2 heterocycles. The number of carbonyl (C=O) groups excluding carboxylic acids is 1. The van der Waals surface area contributed by atoms with E-state index < -0.39 is 0 Å². The van der Waals surface area contributed by atoms with Gasteiger partial charge in [0.25, 0.3) is 0 Å². The van der Waals surface area contributed by atoms with Crippen molar-refractivity contribution >= 4 is 5.91 Å². The molecule has 1 aromatic heterocycles. The number of aryl methyl sites for hydroxylation is 2. The Bertz CT molecular complexity index is 504. The van der Waals surface area contributed by atoms with Crippen molar-refractivity contribution in [3.8, 4) is 0 Å². The van der Waals surface area contributed by atoms with Crippen molar-refractivity contribution in [2.24, 2.45) is 13.0 Å². The molecular weight excluding hydrogens is 264 g/mol. The van der Waals surface area contributed by atoms with Crippen LogP contribution in [0.5, 0.6) is 0 Å². The first-order chi connectivity index (χ1) is 10.1. The third-order valence-electron chi connectivity index (χ3n) is 4.85. The Labute approximate surface area is 126 Å². The summed E-state index contributed by atoms with van der Waals surface area (Å²) in [5.41, 5.74) is 2.37. The molecule has 0 unspecified atom stereocenters. The SMILES string of the molecule is Cc1nn(C)cc1CN1CC[C@@H](C(=O)NC2CCCC2)C1. The van der Waals surface area contributed by atoms with Gasteiger partial charge in [-0.05, 0) is 32.7 Å². The van der Waals surface area contributed by atoms with Crippen LogP contribution in [0.1, 0.15) is 43.4 Å². The van der Waals surface area contributed by atoms with E-state index in [-0.39, 0.29) is 11.8 Å². The second kappa shape index (κ2) is 6.18. The Kier molecular flexibility index (Phi) is 4.29. The highest BCUT2D eigenvalue weighted by Crippen LogP contribution is 2.22. The summed E-state index contributed by atoms with van der Waals surface area (Å²) in [6.45, 7) is 4.85. The highest BCUT2D eigenvalue weighted by Gasteiger charge is 2.30. The lowest BCUT2D eigenvalue weighted by Crippen LogP contribution is -2.38. The molecule has 1 saturated carbocycles. The van der Waals surface area contributed by atoms with Crippen molar-refractivity contribution < 1.29 is 4.79 Å². The predicted octanol–water partition coefficient (Wildman–Crippen LogP) is 1.61. The Hall–Kier alpha value is -1.36. The molecule has 0 bridgehead atoms. The highest BCUT2D eigenvalue weighted by atomic mass is 16.2. The van der Waals surface area contributed by atoms with Crippen LogP contribution >= 0.6 is 0 Å². The van der Waals surface area contributed by atoms with E-state index in [0.29, 0.717) is 6.04 Å². The molecule has 21 heavy (non-hydrogen) atoms. The monoisotopic (exact) mass is 290 g/mol. The summed E-state index contributed by atoms with van der Waals surface area (Å²) >= 11 is 0. The standard InChI is InChI=1S/C16H26N4O/c1-12-14(9-19(2)18-12)11-20-8-7-13(10-20)16(21)17-15-5-3-4-6-15/h9,13,15H,3-8,10-11H2,1-2H3,(H,17,21)/t13-/m1/s1. The minimum absolute atomic E-state index is 0.169. The van der Waals surface area contributed by atoms with Gasteiger partial charge in [0.2, 0.25) is 5.91 Å². The number of hydrogen-bond donors (Lipinski definition) is 1. The third-order valence-corrected chi connectivity index (χ3v) is 4.85. The number of likely N-dealkylation sites (tertiary alicyclic amines) is 1. The number of rotatable bonds is 4. The van der Waals surface area contributed by atoms with Crippen molar-refractivity contribution in [1.29, 1.82) is 0 Å². The summed E-state index contributed by atoms with van der Waals surface area (Å²) in [5, 5.41) is 7.63. The smallest absolute Gasteiger partial charge is 0.224 e. The molecule has 1 N–H and O–H groups in total.